The van der Waals surface area contributed by atoms with Gasteiger partial charge in [-0.05, 0) is 20.8 Å². The van der Waals surface area contributed by atoms with E-state index in [1.165, 1.54) is 0 Å². The summed E-state index contributed by atoms with van der Waals surface area (Å²) in [6, 6.07) is 0.292. The number of hydrogen-bond donors (Lipinski definition) is 2. The largest absolute Gasteiger partial charge is 0.391 e. The van der Waals surface area contributed by atoms with E-state index in [1.807, 2.05) is 11.8 Å². The molecule has 1 aliphatic rings. The molecule has 1 aliphatic heterocycles. The van der Waals surface area contributed by atoms with Crippen molar-refractivity contribution in [3.63, 3.8) is 0 Å². The Morgan fingerprint density at radius 2 is 2.00 bits per heavy atom. The Balaban J connectivity index is 2.37. The van der Waals surface area contributed by atoms with Crippen molar-refractivity contribution in [2.75, 3.05) is 11.5 Å². The summed E-state index contributed by atoms with van der Waals surface area (Å²) in [6.45, 7) is 6.38. The first-order valence-corrected chi connectivity index (χ1v) is 5.18. The van der Waals surface area contributed by atoms with Gasteiger partial charge < -0.3 is 10.4 Å². The zero-order valence-corrected chi connectivity index (χ0v) is 8.24. The van der Waals surface area contributed by atoms with Gasteiger partial charge in [-0.15, -0.1) is 0 Å². The van der Waals surface area contributed by atoms with E-state index in [0.29, 0.717) is 6.04 Å². The summed E-state index contributed by atoms with van der Waals surface area (Å²) >= 11 is 1.82. The van der Waals surface area contributed by atoms with Crippen molar-refractivity contribution in [1.82, 2.24) is 5.32 Å². The second kappa shape index (κ2) is 3.33. The van der Waals surface area contributed by atoms with Crippen LogP contribution in [0.1, 0.15) is 20.8 Å². The lowest BCUT2D eigenvalue weighted by Crippen LogP contribution is -2.48. The molecule has 11 heavy (non-hydrogen) atoms. The summed E-state index contributed by atoms with van der Waals surface area (Å²) in [4.78, 5) is 0. The average molecular weight is 175 g/mol. The van der Waals surface area contributed by atoms with Crippen molar-refractivity contribution in [2.45, 2.75) is 38.5 Å². The van der Waals surface area contributed by atoms with Gasteiger partial charge in [0.15, 0.2) is 0 Å². The van der Waals surface area contributed by atoms with Crippen molar-refractivity contribution in [3.8, 4) is 0 Å². The zero-order chi connectivity index (χ0) is 8.48. The van der Waals surface area contributed by atoms with Gasteiger partial charge in [0.2, 0.25) is 0 Å². The molecule has 0 bridgehead atoms. The van der Waals surface area contributed by atoms with Gasteiger partial charge in [0.05, 0.1) is 6.10 Å². The first-order chi connectivity index (χ1) is 4.99. The SMILES string of the molecule is CC(C)(C)NC1CSCC1O. The molecule has 2 nitrogen and oxygen atoms in total. The van der Waals surface area contributed by atoms with Crippen LogP contribution in [0.4, 0.5) is 0 Å². The smallest absolute Gasteiger partial charge is 0.0791 e. The third kappa shape index (κ3) is 3.01. The van der Waals surface area contributed by atoms with Crippen LogP contribution in [0.2, 0.25) is 0 Å². The molecule has 3 heteroatoms. The van der Waals surface area contributed by atoms with Crippen LogP contribution in [-0.4, -0.2) is 34.3 Å². The second-order valence-corrected chi connectivity index (χ2v) is 5.18. The Labute approximate surface area is 72.8 Å². The Morgan fingerprint density at radius 1 is 1.36 bits per heavy atom. The van der Waals surface area contributed by atoms with E-state index in [1.54, 1.807) is 0 Å². The van der Waals surface area contributed by atoms with Crippen molar-refractivity contribution < 1.29 is 5.11 Å². The second-order valence-electron chi connectivity index (χ2n) is 4.11. The molecule has 1 fully saturated rings. The third-order valence-corrected chi connectivity index (χ3v) is 2.84. The molecule has 1 heterocycles. The maximum atomic E-state index is 9.47. The predicted octanol–water partition coefficient (Wildman–Crippen LogP) is 0.851. The van der Waals surface area contributed by atoms with Gasteiger partial charge in [-0.3, -0.25) is 0 Å². The minimum absolute atomic E-state index is 0.122. The lowest BCUT2D eigenvalue weighted by molar-refractivity contribution is 0.150. The number of aliphatic hydroxyl groups is 1. The van der Waals surface area contributed by atoms with E-state index in [2.05, 4.69) is 26.1 Å². The van der Waals surface area contributed by atoms with Crippen LogP contribution < -0.4 is 5.32 Å². The van der Waals surface area contributed by atoms with Crippen molar-refractivity contribution in [3.05, 3.63) is 0 Å². The fourth-order valence-electron chi connectivity index (χ4n) is 1.24. The number of thioether (sulfide) groups is 1. The van der Waals surface area contributed by atoms with E-state index in [9.17, 15) is 5.11 Å². The first kappa shape index (κ1) is 9.36. The van der Waals surface area contributed by atoms with E-state index in [-0.39, 0.29) is 11.6 Å². The summed E-state index contributed by atoms with van der Waals surface area (Å²) in [7, 11) is 0. The van der Waals surface area contributed by atoms with Gasteiger partial charge in [-0.1, -0.05) is 0 Å². The zero-order valence-electron chi connectivity index (χ0n) is 7.42. The molecule has 2 N–H and O–H groups in total. The van der Waals surface area contributed by atoms with Crippen molar-refractivity contribution >= 4 is 11.8 Å². The Bertz CT molecular complexity index is 133. The Morgan fingerprint density at radius 3 is 2.36 bits per heavy atom. The monoisotopic (exact) mass is 175 g/mol. The number of rotatable bonds is 1. The molecule has 0 aromatic carbocycles. The van der Waals surface area contributed by atoms with Gasteiger partial charge in [0, 0.05) is 23.1 Å². The summed E-state index contributed by atoms with van der Waals surface area (Å²) in [5.41, 5.74) is 0.122. The summed E-state index contributed by atoms with van der Waals surface area (Å²) < 4.78 is 0. The minimum atomic E-state index is -0.153. The number of nitrogens with one attached hydrogen (secondary N) is 1. The van der Waals surface area contributed by atoms with E-state index >= 15 is 0 Å². The normalized spacial score (nSPS) is 32.7. The van der Waals surface area contributed by atoms with Gasteiger partial charge >= 0.3 is 0 Å². The molecule has 0 aromatic heterocycles. The fraction of sp³-hybridized carbons (Fsp3) is 1.00. The molecule has 66 valence electrons. The average Bonchev–Trinajstić information content (AvgIpc) is 2.12. The molecule has 0 aliphatic carbocycles. The molecule has 2 atom stereocenters. The van der Waals surface area contributed by atoms with Crippen LogP contribution in [0, 0.1) is 0 Å². The quantitative estimate of drug-likeness (QED) is 0.620. The molecule has 1 saturated heterocycles. The van der Waals surface area contributed by atoms with Gasteiger partial charge in [0.25, 0.3) is 0 Å². The van der Waals surface area contributed by atoms with Gasteiger partial charge in [-0.2, -0.15) is 11.8 Å². The maximum Gasteiger partial charge on any atom is 0.0791 e. The molecular formula is C8H17NOS. The maximum absolute atomic E-state index is 9.47. The Hall–Kier alpha value is 0.270. The fourth-order valence-corrected chi connectivity index (χ4v) is 2.41. The molecule has 0 radical (unpaired) electrons. The number of aliphatic hydroxyl groups excluding tert-OH is 1. The van der Waals surface area contributed by atoms with Crippen LogP contribution >= 0.6 is 11.8 Å². The third-order valence-electron chi connectivity index (χ3n) is 1.67. The topological polar surface area (TPSA) is 32.3 Å². The van der Waals surface area contributed by atoms with E-state index in [0.717, 1.165) is 11.5 Å². The molecule has 2 unspecified atom stereocenters. The van der Waals surface area contributed by atoms with Crippen LogP contribution in [0.15, 0.2) is 0 Å². The molecule has 0 aromatic rings. The van der Waals surface area contributed by atoms with Gasteiger partial charge in [0.1, 0.15) is 0 Å². The van der Waals surface area contributed by atoms with Crippen LogP contribution in [0.25, 0.3) is 0 Å². The van der Waals surface area contributed by atoms with E-state index < -0.39 is 0 Å². The van der Waals surface area contributed by atoms with Crippen LogP contribution in [0.5, 0.6) is 0 Å². The Kier molecular flexibility index (Phi) is 2.84. The summed E-state index contributed by atoms with van der Waals surface area (Å²) in [5.74, 6) is 1.92. The van der Waals surface area contributed by atoms with Crippen LogP contribution in [-0.2, 0) is 0 Å². The minimum Gasteiger partial charge on any atom is -0.391 e. The highest BCUT2D eigenvalue weighted by Crippen LogP contribution is 2.19. The lowest BCUT2D eigenvalue weighted by Gasteiger charge is -2.27. The first-order valence-electron chi connectivity index (χ1n) is 4.02. The lowest BCUT2D eigenvalue weighted by atomic mass is 10.1. The van der Waals surface area contributed by atoms with Crippen molar-refractivity contribution in [2.24, 2.45) is 0 Å². The molecule has 1 rings (SSSR count). The van der Waals surface area contributed by atoms with Crippen LogP contribution in [0.3, 0.4) is 0 Å². The highest BCUT2D eigenvalue weighted by molar-refractivity contribution is 7.99. The number of hydrogen-bond acceptors (Lipinski definition) is 3. The molecular weight excluding hydrogens is 158 g/mol. The molecule has 0 saturated carbocycles. The van der Waals surface area contributed by atoms with E-state index in [4.69, 9.17) is 0 Å². The summed E-state index contributed by atoms with van der Waals surface area (Å²) in [5, 5.41) is 12.9. The highest BCUT2D eigenvalue weighted by Gasteiger charge is 2.28. The van der Waals surface area contributed by atoms with Crippen molar-refractivity contribution in [1.29, 1.82) is 0 Å². The highest BCUT2D eigenvalue weighted by atomic mass is 32.2. The standard InChI is InChI=1S/C8H17NOS/c1-8(2,3)9-6-4-11-5-7(6)10/h6-7,9-10H,4-5H2,1-3H3. The van der Waals surface area contributed by atoms with Gasteiger partial charge in [-0.25, -0.2) is 0 Å². The summed E-state index contributed by atoms with van der Waals surface area (Å²) in [6.07, 6.45) is -0.153. The predicted molar refractivity (Wildman–Crippen MR) is 50.0 cm³/mol. The molecule has 0 amide bonds. The molecule has 0 spiro atoms.